The van der Waals surface area contributed by atoms with Gasteiger partial charge in [-0.1, -0.05) is 13.8 Å². The summed E-state index contributed by atoms with van der Waals surface area (Å²) in [7, 11) is 3.15. The van der Waals surface area contributed by atoms with Crippen LogP contribution in [-0.4, -0.2) is 47.4 Å². The molecule has 4 unspecified atom stereocenters. The number of aliphatic hydroxyl groups excluding tert-OH is 1. The second-order valence-electron chi connectivity index (χ2n) is 4.67. The van der Waals surface area contributed by atoms with Crippen LogP contribution in [0.5, 0.6) is 0 Å². The number of rotatable bonds is 7. The lowest BCUT2D eigenvalue weighted by atomic mass is 9.96. The van der Waals surface area contributed by atoms with Crippen molar-refractivity contribution in [3.05, 3.63) is 0 Å². The van der Waals surface area contributed by atoms with E-state index in [-0.39, 0.29) is 22.6 Å². The number of likely N-dealkylation sites (N-methyl/N-ethyl adjacent to an activating group) is 1. The van der Waals surface area contributed by atoms with Crippen LogP contribution in [0.1, 0.15) is 34.1 Å². The smallest absolute Gasteiger partial charge is 0.325 e. The van der Waals surface area contributed by atoms with Crippen LogP contribution in [0.15, 0.2) is 0 Å². The van der Waals surface area contributed by atoms with Crippen molar-refractivity contribution in [2.75, 3.05) is 14.2 Å². The summed E-state index contributed by atoms with van der Waals surface area (Å²) in [5.74, 6) is -0.253. The fraction of sp³-hybridized carbons (Fsp3) is 0.917. The van der Waals surface area contributed by atoms with Gasteiger partial charge in [-0.15, -0.1) is 0 Å². The van der Waals surface area contributed by atoms with E-state index in [0.29, 0.717) is 6.42 Å². The molecule has 0 aliphatic carbocycles. The molecule has 0 aliphatic rings. The Bertz CT molecular complexity index is 248. The summed E-state index contributed by atoms with van der Waals surface area (Å²) >= 11 is 1.68. The van der Waals surface area contributed by atoms with Crippen molar-refractivity contribution < 1.29 is 14.6 Å². The van der Waals surface area contributed by atoms with Crippen LogP contribution < -0.4 is 5.32 Å². The number of hydrogen-bond donors (Lipinski definition) is 2. The lowest BCUT2D eigenvalue weighted by molar-refractivity contribution is -0.147. The van der Waals surface area contributed by atoms with E-state index in [1.807, 2.05) is 13.8 Å². The van der Waals surface area contributed by atoms with Crippen molar-refractivity contribution >= 4 is 17.7 Å². The van der Waals surface area contributed by atoms with Gasteiger partial charge in [0, 0.05) is 10.5 Å². The minimum Gasteiger partial charge on any atom is -0.468 e. The van der Waals surface area contributed by atoms with Crippen LogP contribution >= 0.6 is 11.8 Å². The topological polar surface area (TPSA) is 58.6 Å². The van der Waals surface area contributed by atoms with Crippen molar-refractivity contribution in [2.45, 2.75) is 56.3 Å². The summed E-state index contributed by atoms with van der Waals surface area (Å²) in [4.78, 5) is 11.7. The van der Waals surface area contributed by atoms with Crippen molar-refractivity contribution in [2.24, 2.45) is 0 Å². The summed E-state index contributed by atoms with van der Waals surface area (Å²) in [6.45, 7) is 7.66. The second-order valence-corrected chi connectivity index (χ2v) is 6.49. The van der Waals surface area contributed by atoms with Crippen molar-refractivity contribution in [3.63, 3.8) is 0 Å². The Hall–Kier alpha value is -0.260. The molecule has 0 aromatic carbocycles. The summed E-state index contributed by atoms with van der Waals surface area (Å²) in [6.07, 6.45) is 0.319. The molecule has 0 aromatic heterocycles. The third-order valence-corrected chi connectivity index (χ3v) is 4.46. The number of hydrogen-bond acceptors (Lipinski definition) is 5. The zero-order chi connectivity index (χ0) is 13.6. The molecule has 0 saturated carbocycles. The van der Waals surface area contributed by atoms with E-state index in [0.717, 1.165) is 0 Å². The maximum absolute atomic E-state index is 11.7. The van der Waals surface area contributed by atoms with Gasteiger partial charge in [-0.3, -0.25) is 4.79 Å². The first-order valence-electron chi connectivity index (χ1n) is 5.87. The Labute approximate surface area is 108 Å². The molecule has 4 atom stereocenters. The van der Waals surface area contributed by atoms with E-state index >= 15 is 0 Å². The van der Waals surface area contributed by atoms with Crippen molar-refractivity contribution in [1.29, 1.82) is 0 Å². The molecule has 2 N–H and O–H groups in total. The highest BCUT2D eigenvalue weighted by atomic mass is 32.2. The first-order valence-corrected chi connectivity index (χ1v) is 6.82. The molecule has 102 valence electrons. The highest BCUT2D eigenvalue weighted by molar-refractivity contribution is 8.00. The van der Waals surface area contributed by atoms with Crippen LogP contribution in [0.4, 0.5) is 0 Å². The number of esters is 1. The molecule has 0 amide bonds. The Morgan fingerprint density at radius 1 is 1.47 bits per heavy atom. The van der Waals surface area contributed by atoms with Gasteiger partial charge >= 0.3 is 5.97 Å². The molecule has 0 bridgehead atoms. The maximum Gasteiger partial charge on any atom is 0.325 e. The van der Waals surface area contributed by atoms with Crippen molar-refractivity contribution in [1.82, 2.24) is 5.32 Å². The fourth-order valence-electron chi connectivity index (χ4n) is 1.62. The number of aliphatic hydroxyl groups is 1. The van der Waals surface area contributed by atoms with Gasteiger partial charge in [-0.25, -0.2) is 0 Å². The van der Waals surface area contributed by atoms with Gasteiger partial charge in [0.05, 0.1) is 13.2 Å². The zero-order valence-corrected chi connectivity index (χ0v) is 12.4. The Morgan fingerprint density at radius 2 is 2.00 bits per heavy atom. The van der Waals surface area contributed by atoms with E-state index in [2.05, 4.69) is 12.2 Å². The van der Waals surface area contributed by atoms with E-state index in [4.69, 9.17) is 4.74 Å². The normalized spacial score (nSPS) is 20.2. The average molecular weight is 263 g/mol. The number of carbonyl (C=O) groups excluding carboxylic acids is 1. The van der Waals surface area contributed by atoms with Crippen LogP contribution in [0.25, 0.3) is 0 Å². The van der Waals surface area contributed by atoms with Gasteiger partial charge in [0.2, 0.25) is 0 Å². The van der Waals surface area contributed by atoms with Crippen LogP contribution in [0, 0.1) is 0 Å². The lowest BCUT2D eigenvalue weighted by Crippen LogP contribution is -2.50. The Kier molecular flexibility index (Phi) is 7.13. The molecule has 0 heterocycles. The highest BCUT2D eigenvalue weighted by Crippen LogP contribution is 2.27. The molecule has 0 spiro atoms. The highest BCUT2D eigenvalue weighted by Gasteiger charge is 2.34. The van der Waals surface area contributed by atoms with Gasteiger partial charge < -0.3 is 15.2 Å². The maximum atomic E-state index is 11.7. The first-order chi connectivity index (χ1) is 7.76. The molecule has 0 saturated heterocycles. The number of methoxy groups -OCH3 is 1. The lowest BCUT2D eigenvalue weighted by Gasteiger charge is -2.30. The molecular formula is C12H25NO3S. The molecule has 0 radical (unpaired) electrons. The minimum atomic E-state index is -0.667. The standard InChI is InChI=1S/C12H25NO3S/c1-8(17-10(3)9(2)14)7-12(4,13-5)11(15)16-6/h8-10,13-14H,7H2,1-6H3. The molecule has 0 aromatic rings. The number of carbonyl (C=O) groups is 1. The van der Waals surface area contributed by atoms with Gasteiger partial charge in [-0.2, -0.15) is 11.8 Å². The summed E-state index contributed by atoms with van der Waals surface area (Å²) in [5.41, 5.74) is -0.667. The molecule has 17 heavy (non-hydrogen) atoms. The van der Waals surface area contributed by atoms with Crippen LogP contribution in [-0.2, 0) is 9.53 Å². The number of nitrogens with one attached hydrogen (secondary N) is 1. The summed E-state index contributed by atoms with van der Waals surface area (Å²) in [5, 5.41) is 12.9. The molecule has 5 heteroatoms. The third kappa shape index (κ3) is 5.27. The quantitative estimate of drug-likeness (QED) is 0.680. The predicted molar refractivity (Wildman–Crippen MR) is 72.3 cm³/mol. The van der Waals surface area contributed by atoms with Gasteiger partial charge in [0.25, 0.3) is 0 Å². The summed E-state index contributed by atoms with van der Waals surface area (Å²) < 4.78 is 4.80. The van der Waals surface area contributed by atoms with Crippen LogP contribution in [0.2, 0.25) is 0 Å². The fourth-order valence-corrected chi connectivity index (χ4v) is 3.01. The Balaban J connectivity index is 4.43. The minimum absolute atomic E-state index is 0.156. The van der Waals surface area contributed by atoms with Crippen LogP contribution in [0.3, 0.4) is 0 Å². The Morgan fingerprint density at radius 3 is 2.35 bits per heavy atom. The molecule has 4 nitrogen and oxygen atoms in total. The number of ether oxygens (including phenoxy) is 1. The predicted octanol–water partition coefficient (Wildman–Crippen LogP) is 1.42. The number of thioether (sulfide) groups is 1. The van der Waals surface area contributed by atoms with E-state index < -0.39 is 5.54 Å². The zero-order valence-electron chi connectivity index (χ0n) is 11.6. The van der Waals surface area contributed by atoms with Crippen molar-refractivity contribution in [3.8, 4) is 0 Å². The second kappa shape index (κ2) is 7.24. The molecule has 0 rings (SSSR count). The van der Waals surface area contributed by atoms with E-state index in [9.17, 15) is 9.90 Å². The van der Waals surface area contributed by atoms with Gasteiger partial charge in [0.15, 0.2) is 0 Å². The van der Waals surface area contributed by atoms with Gasteiger partial charge in [-0.05, 0) is 27.3 Å². The monoisotopic (exact) mass is 263 g/mol. The van der Waals surface area contributed by atoms with E-state index in [1.165, 1.54) is 7.11 Å². The first kappa shape index (κ1) is 16.7. The largest absolute Gasteiger partial charge is 0.468 e. The van der Waals surface area contributed by atoms with Gasteiger partial charge in [0.1, 0.15) is 5.54 Å². The SMILES string of the molecule is CNC(C)(CC(C)SC(C)C(C)O)C(=O)OC. The third-order valence-electron chi connectivity index (χ3n) is 3.01. The molecule has 0 aliphatic heterocycles. The summed E-state index contributed by atoms with van der Waals surface area (Å²) in [6, 6.07) is 0. The molecular weight excluding hydrogens is 238 g/mol. The average Bonchev–Trinajstić information content (AvgIpc) is 2.27. The molecule has 0 fully saturated rings. The van der Waals surface area contributed by atoms with E-state index in [1.54, 1.807) is 25.7 Å².